The zero-order valence-electron chi connectivity index (χ0n) is 18.3. The van der Waals surface area contributed by atoms with Crippen LogP contribution in [0.15, 0.2) is 152 Å². The predicted molar refractivity (Wildman–Crippen MR) is 146 cm³/mol. The van der Waals surface area contributed by atoms with Gasteiger partial charge in [-0.05, 0) is 0 Å². The van der Waals surface area contributed by atoms with Gasteiger partial charge in [0.15, 0.2) is 0 Å². The van der Waals surface area contributed by atoms with E-state index in [-0.39, 0.29) is 5.66 Å². The molecule has 0 aromatic heterocycles. The molecule has 162 valence electrons. The van der Waals surface area contributed by atoms with Crippen LogP contribution in [0.4, 0.5) is 0 Å². The second-order valence-electron chi connectivity index (χ2n) is 8.30. The Morgan fingerprint density at radius 3 is 0.879 bits per heavy atom. The van der Waals surface area contributed by atoms with Gasteiger partial charge >= 0.3 is 202 Å². The van der Waals surface area contributed by atoms with Crippen molar-refractivity contribution < 1.29 is 0 Å². The molecule has 0 N–H and O–H groups in total. The summed E-state index contributed by atoms with van der Waals surface area (Å²) in [5.41, 5.74) is 2.37. The van der Waals surface area contributed by atoms with Gasteiger partial charge in [-0.25, -0.2) is 0 Å². The normalized spacial score (nSPS) is 12.7. The van der Waals surface area contributed by atoms with Crippen molar-refractivity contribution in [3.63, 3.8) is 0 Å². The van der Waals surface area contributed by atoms with E-state index >= 15 is 0 Å². The van der Waals surface area contributed by atoms with E-state index in [1.807, 2.05) is 0 Å². The number of halogens is 1. The molecule has 0 atom stereocenters. The molecule has 33 heavy (non-hydrogen) atoms. The molecule has 0 radical (unpaired) electrons. The summed E-state index contributed by atoms with van der Waals surface area (Å²) in [5, 5.41) is 3.50. The van der Waals surface area contributed by atoms with Gasteiger partial charge in [0.05, 0.1) is 0 Å². The predicted octanol–water partition coefficient (Wildman–Crippen LogP) is 7.46. The zero-order valence-corrected chi connectivity index (χ0v) is 20.0. The third kappa shape index (κ3) is 3.51. The van der Waals surface area contributed by atoms with Crippen LogP contribution in [0.2, 0.25) is 0 Å². The first-order valence-corrected chi connectivity index (χ1v) is 14.4. The molecule has 0 bridgehead atoms. The minimum absolute atomic E-state index is 0.0627. The third-order valence-electron chi connectivity index (χ3n) is 6.50. The molecule has 0 nitrogen and oxygen atoms in total. The summed E-state index contributed by atoms with van der Waals surface area (Å²) >= 11 is 8.54. The van der Waals surface area contributed by atoms with E-state index in [1.165, 1.54) is 27.0 Å². The van der Waals surface area contributed by atoms with Gasteiger partial charge in [-0.3, -0.25) is 0 Å². The number of rotatable bonds is 6. The summed E-state index contributed by atoms with van der Waals surface area (Å²) in [5.74, 6) is -3.59. The molecule has 0 spiro atoms. The Morgan fingerprint density at radius 2 is 0.606 bits per heavy atom. The van der Waals surface area contributed by atoms with Gasteiger partial charge in [-0.2, -0.15) is 0 Å². The van der Waals surface area contributed by atoms with Gasteiger partial charge < -0.3 is 0 Å². The standard InChI is InChI=1S/C31H26ClP/c32-33(28-20-10-3-11-21-28,29-22-12-4-13-23-29,30-24-14-5-15-25-30)31(26-16-6-1-7-17-26)27-18-8-2-9-19-27/h1-25,31H. The average molecular weight is 465 g/mol. The Hall–Kier alpha value is -3.18. The van der Waals surface area contributed by atoms with E-state index in [4.69, 9.17) is 11.2 Å². The van der Waals surface area contributed by atoms with Crippen LogP contribution in [0.5, 0.6) is 0 Å². The molecule has 0 saturated carbocycles. The van der Waals surface area contributed by atoms with Crippen LogP contribution in [0.3, 0.4) is 0 Å². The van der Waals surface area contributed by atoms with Crippen LogP contribution < -0.4 is 15.9 Å². The van der Waals surface area contributed by atoms with Crippen LogP contribution in [0, 0.1) is 0 Å². The molecule has 0 amide bonds. The van der Waals surface area contributed by atoms with E-state index in [9.17, 15) is 0 Å². The van der Waals surface area contributed by atoms with Crippen LogP contribution >= 0.6 is 17.2 Å². The fraction of sp³-hybridized carbons (Fsp3) is 0.0323. The molecular formula is C31H26ClP. The Labute approximate surface area is 201 Å². The molecule has 0 aliphatic rings. The monoisotopic (exact) mass is 464 g/mol. The van der Waals surface area contributed by atoms with E-state index in [2.05, 4.69) is 152 Å². The van der Waals surface area contributed by atoms with Crippen molar-refractivity contribution in [2.75, 3.05) is 0 Å². The fourth-order valence-electron chi connectivity index (χ4n) is 5.08. The Bertz CT molecular complexity index is 1170. The second-order valence-corrected chi connectivity index (χ2v) is 14.6. The summed E-state index contributed by atoms with van der Waals surface area (Å²) in [4.78, 5) is 0. The van der Waals surface area contributed by atoms with Crippen molar-refractivity contribution in [1.82, 2.24) is 0 Å². The minimum atomic E-state index is -3.59. The molecule has 0 saturated heterocycles. The molecule has 0 fully saturated rings. The second kappa shape index (κ2) is 8.99. The van der Waals surface area contributed by atoms with Gasteiger partial charge in [0.25, 0.3) is 0 Å². The zero-order chi connectivity index (χ0) is 22.6. The van der Waals surface area contributed by atoms with Crippen LogP contribution in [0.25, 0.3) is 0 Å². The number of benzene rings is 5. The van der Waals surface area contributed by atoms with Crippen molar-refractivity contribution in [2.24, 2.45) is 0 Å². The first kappa shape index (κ1) is 21.7. The quantitative estimate of drug-likeness (QED) is 0.229. The average Bonchev–Trinajstić information content (AvgIpc) is 2.91. The van der Waals surface area contributed by atoms with E-state index in [0.29, 0.717) is 0 Å². The van der Waals surface area contributed by atoms with Crippen LogP contribution in [-0.2, 0) is 0 Å². The summed E-state index contributed by atoms with van der Waals surface area (Å²) in [6, 6.07) is 53.6. The molecule has 0 unspecified atom stereocenters. The molecule has 2 heteroatoms. The van der Waals surface area contributed by atoms with Crippen molar-refractivity contribution in [1.29, 1.82) is 0 Å². The molecule has 5 aromatic rings. The first-order chi connectivity index (χ1) is 16.2. The number of hydrogen-bond donors (Lipinski definition) is 0. The fourth-order valence-corrected chi connectivity index (χ4v) is 12.3. The van der Waals surface area contributed by atoms with Crippen molar-refractivity contribution >= 4 is 33.1 Å². The first-order valence-electron chi connectivity index (χ1n) is 11.2. The van der Waals surface area contributed by atoms with Crippen molar-refractivity contribution in [2.45, 2.75) is 5.66 Å². The van der Waals surface area contributed by atoms with Gasteiger partial charge in [0.2, 0.25) is 0 Å². The molecular weight excluding hydrogens is 439 g/mol. The van der Waals surface area contributed by atoms with E-state index in [0.717, 1.165) is 0 Å². The van der Waals surface area contributed by atoms with Crippen molar-refractivity contribution in [3.8, 4) is 0 Å². The van der Waals surface area contributed by atoms with E-state index < -0.39 is 5.96 Å². The Kier molecular flexibility index (Phi) is 5.90. The van der Waals surface area contributed by atoms with Gasteiger partial charge in [0.1, 0.15) is 0 Å². The molecule has 0 heterocycles. The van der Waals surface area contributed by atoms with Gasteiger partial charge in [-0.1, -0.05) is 0 Å². The van der Waals surface area contributed by atoms with Gasteiger partial charge in [-0.15, -0.1) is 0 Å². The Balaban J connectivity index is 2.01. The maximum absolute atomic E-state index is 8.54. The van der Waals surface area contributed by atoms with Crippen LogP contribution in [0.1, 0.15) is 16.8 Å². The summed E-state index contributed by atoms with van der Waals surface area (Å²) in [7, 11) is 0. The molecule has 0 aliphatic carbocycles. The SMILES string of the molecule is ClP(c1ccccc1)(c1ccccc1)(c1ccccc1)C(c1ccccc1)c1ccccc1. The molecule has 0 aliphatic heterocycles. The topological polar surface area (TPSA) is 0 Å². The van der Waals surface area contributed by atoms with Crippen molar-refractivity contribution in [3.05, 3.63) is 163 Å². The number of hydrogen-bond acceptors (Lipinski definition) is 0. The summed E-state index contributed by atoms with van der Waals surface area (Å²) < 4.78 is 0. The van der Waals surface area contributed by atoms with Crippen LogP contribution in [-0.4, -0.2) is 0 Å². The van der Waals surface area contributed by atoms with E-state index in [1.54, 1.807) is 0 Å². The maximum atomic E-state index is 8.54. The third-order valence-corrected chi connectivity index (χ3v) is 14.3. The Morgan fingerprint density at radius 1 is 0.364 bits per heavy atom. The van der Waals surface area contributed by atoms with Gasteiger partial charge in [0, 0.05) is 0 Å². The summed E-state index contributed by atoms with van der Waals surface area (Å²) in [6.07, 6.45) is 0. The molecule has 5 aromatic carbocycles. The molecule has 5 rings (SSSR count). The summed E-state index contributed by atoms with van der Waals surface area (Å²) in [6.45, 7) is 0.